The second kappa shape index (κ2) is 6.34. The lowest BCUT2D eigenvalue weighted by Crippen LogP contribution is -2.14. The first-order chi connectivity index (χ1) is 12.8. The summed E-state index contributed by atoms with van der Waals surface area (Å²) in [7, 11) is -11.0. The van der Waals surface area contributed by atoms with Crippen LogP contribution in [0.25, 0.3) is 0 Å². The van der Waals surface area contributed by atoms with Crippen LogP contribution in [0.2, 0.25) is 0 Å². The van der Waals surface area contributed by atoms with Crippen molar-refractivity contribution in [3.05, 3.63) is 52.6 Å². The maximum absolute atomic E-state index is 13.9. The lowest BCUT2D eigenvalue weighted by atomic mass is 9.86. The molecule has 1 nitrogen and oxygen atoms in total. The predicted molar refractivity (Wildman–Crippen MR) is 97.3 cm³/mol. The van der Waals surface area contributed by atoms with Crippen molar-refractivity contribution in [1.29, 1.82) is 0 Å². The Morgan fingerprint density at radius 1 is 0.862 bits per heavy atom. The molecule has 0 aliphatic heterocycles. The highest BCUT2D eigenvalue weighted by molar-refractivity contribution is 8.45. The molecule has 0 amide bonds. The molecule has 0 unspecified atom stereocenters. The molecule has 0 aliphatic rings. The van der Waals surface area contributed by atoms with Crippen LogP contribution in [0.15, 0.2) is 33.0 Å². The van der Waals surface area contributed by atoms with Gasteiger partial charge in [-0.05, 0) is 11.0 Å². The average molecular weight is 467 g/mol. The van der Waals surface area contributed by atoms with Gasteiger partial charge in [0.05, 0.1) is 0 Å². The van der Waals surface area contributed by atoms with Gasteiger partial charge in [0, 0.05) is 16.7 Å². The molecule has 2 aromatic rings. The number of aliphatic imine (C=N–C) groups is 1. The zero-order valence-electron chi connectivity index (χ0n) is 15.0. The molecule has 0 saturated carbocycles. The van der Waals surface area contributed by atoms with Crippen molar-refractivity contribution in [2.45, 2.75) is 36.0 Å². The average Bonchev–Trinajstić information content (AvgIpc) is 2.50. The van der Waals surface area contributed by atoms with Crippen LogP contribution in [0.1, 0.15) is 31.9 Å². The number of rotatable bonds is 3. The van der Waals surface area contributed by atoms with Crippen LogP contribution in [-0.4, -0.2) is 6.21 Å². The Morgan fingerprint density at radius 2 is 1.34 bits per heavy atom. The Bertz CT molecular complexity index is 994. The van der Waals surface area contributed by atoms with E-state index in [4.69, 9.17) is 0 Å². The molecule has 0 saturated heterocycles. The van der Waals surface area contributed by atoms with E-state index in [0.717, 1.165) is 0 Å². The molecule has 0 spiro atoms. The molecule has 2 aromatic carbocycles. The maximum Gasteiger partial charge on any atom is 0.316 e. The molecule has 162 valence electrons. The number of thiol groups is 1. The molecular formula is C17H14F9NS2. The van der Waals surface area contributed by atoms with Gasteiger partial charge in [-0.1, -0.05) is 58.4 Å². The minimum atomic E-state index is -11.0. The van der Waals surface area contributed by atoms with E-state index in [-0.39, 0.29) is 10.5 Å². The highest BCUT2D eigenvalue weighted by atomic mass is 32.5. The monoisotopic (exact) mass is 467 g/mol. The summed E-state index contributed by atoms with van der Waals surface area (Å²) in [5, 5.41) is 0. The largest absolute Gasteiger partial charge is 0.316 e. The van der Waals surface area contributed by atoms with Gasteiger partial charge in [0.25, 0.3) is 0 Å². The Hall–Kier alpha value is -1.82. The number of hydrogen-bond acceptors (Lipinski definition) is 2. The van der Waals surface area contributed by atoms with Crippen LogP contribution >= 0.6 is 22.9 Å². The number of benzene rings is 2. The van der Waals surface area contributed by atoms with E-state index in [1.54, 1.807) is 6.07 Å². The van der Waals surface area contributed by atoms with Gasteiger partial charge in [0.2, 0.25) is 0 Å². The number of nitrogens with zero attached hydrogens (tertiary/aromatic N) is 1. The van der Waals surface area contributed by atoms with Gasteiger partial charge in [0.15, 0.2) is 28.2 Å². The SMILES string of the molecule is CC(C)(C)c1cccc(C=Nc2c(F)c(F)c(S(F)(F)(F)(F)F)c(F)c2F)c1S. The summed E-state index contributed by atoms with van der Waals surface area (Å²) in [6.45, 7) is 5.48. The van der Waals surface area contributed by atoms with Crippen LogP contribution in [0.4, 0.5) is 42.7 Å². The smallest absolute Gasteiger partial charge is 0.250 e. The molecule has 0 heterocycles. The second-order valence-electron chi connectivity index (χ2n) is 7.15. The van der Waals surface area contributed by atoms with Crippen LogP contribution < -0.4 is 0 Å². The molecule has 2 rings (SSSR count). The van der Waals surface area contributed by atoms with Crippen LogP contribution in [-0.2, 0) is 5.41 Å². The number of halogens is 9. The Morgan fingerprint density at radius 3 is 1.76 bits per heavy atom. The van der Waals surface area contributed by atoms with Crippen molar-refractivity contribution in [1.82, 2.24) is 0 Å². The molecule has 0 bridgehead atoms. The third-order valence-electron chi connectivity index (χ3n) is 3.79. The lowest BCUT2D eigenvalue weighted by Gasteiger charge is -2.40. The Kier molecular flexibility index (Phi) is 5.13. The summed E-state index contributed by atoms with van der Waals surface area (Å²) < 4.78 is 119. The predicted octanol–water partition coefficient (Wildman–Crippen LogP) is 8.24. The summed E-state index contributed by atoms with van der Waals surface area (Å²) >= 11 is 4.25. The molecule has 0 aromatic heterocycles. The van der Waals surface area contributed by atoms with Crippen molar-refractivity contribution in [2.75, 3.05) is 0 Å². The van der Waals surface area contributed by atoms with Crippen molar-refractivity contribution in [2.24, 2.45) is 4.99 Å². The third-order valence-corrected chi connectivity index (χ3v) is 5.42. The first kappa shape index (κ1) is 23.5. The fraction of sp³-hybridized carbons (Fsp3) is 0.235. The van der Waals surface area contributed by atoms with E-state index in [1.165, 1.54) is 12.1 Å². The minimum absolute atomic E-state index is 0.122. The Labute approximate surface area is 165 Å². The summed E-state index contributed by atoms with van der Waals surface area (Å²) in [6, 6.07) is 4.57. The van der Waals surface area contributed by atoms with Crippen molar-refractivity contribution in [3.8, 4) is 0 Å². The van der Waals surface area contributed by atoms with E-state index in [0.29, 0.717) is 11.8 Å². The highest BCUT2D eigenvalue weighted by Gasteiger charge is 2.70. The molecular weight excluding hydrogens is 453 g/mol. The first-order valence-electron chi connectivity index (χ1n) is 7.72. The van der Waals surface area contributed by atoms with E-state index in [2.05, 4.69) is 17.6 Å². The molecule has 0 atom stereocenters. The minimum Gasteiger partial charge on any atom is -0.250 e. The fourth-order valence-corrected chi connectivity index (χ4v) is 3.86. The Balaban J connectivity index is 2.69. The van der Waals surface area contributed by atoms with E-state index < -0.39 is 49.5 Å². The van der Waals surface area contributed by atoms with Gasteiger partial charge in [-0.2, -0.15) is 0 Å². The zero-order valence-corrected chi connectivity index (χ0v) is 16.7. The maximum atomic E-state index is 13.9. The van der Waals surface area contributed by atoms with Gasteiger partial charge in [-0.15, -0.1) is 12.6 Å². The zero-order chi connectivity index (χ0) is 22.6. The highest BCUT2D eigenvalue weighted by Crippen LogP contribution is 3.02. The van der Waals surface area contributed by atoms with Crippen LogP contribution in [0, 0.1) is 23.3 Å². The van der Waals surface area contributed by atoms with Crippen molar-refractivity contribution >= 4 is 34.8 Å². The van der Waals surface area contributed by atoms with Gasteiger partial charge < -0.3 is 0 Å². The van der Waals surface area contributed by atoms with E-state index in [1.807, 2.05) is 20.8 Å². The lowest BCUT2D eigenvalue weighted by molar-refractivity contribution is 0.330. The molecule has 0 aliphatic carbocycles. The number of hydrogen-bond donors (Lipinski definition) is 1. The van der Waals surface area contributed by atoms with Gasteiger partial charge in [0.1, 0.15) is 5.69 Å². The van der Waals surface area contributed by atoms with Gasteiger partial charge in [-0.25, -0.2) is 22.6 Å². The van der Waals surface area contributed by atoms with Crippen LogP contribution in [0.5, 0.6) is 0 Å². The normalized spacial score (nSPS) is 15.5. The van der Waals surface area contributed by atoms with Gasteiger partial charge in [-0.3, -0.25) is 0 Å². The molecule has 0 fully saturated rings. The standard InChI is InChI=1S/C17H14F9NS2/c1-17(2,3)9-6-4-5-8(15(9)28)7-27-14-10(18)12(20)16(13(21)11(14)19)29(22,23,24,25)26/h4-7,28H,1-3H3. The van der Waals surface area contributed by atoms with E-state index >= 15 is 0 Å². The van der Waals surface area contributed by atoms with Crippen molar-refractivity contribution in [3.63, 3.8) is 0 Å². The molecule has 0 radical (unpaired) electrons. The van der Waals surface area contributed by atoms with Crippen molar-refractivity contribution < 1.29 is 37.0 Å². The molecule has 0 N–H and O–H groups in total. The topological polar surface area (TPSA) is 12.4 Å². The molecule has 29 heavy (non-hydrogen) atoms. The second-order valence-corrected chi connectivity index (χ2v) is 9.95. The van der Waals surface area contributed by atoms with Crippen LogP contribution in [0.3, 0.4) is 0 Å². The first-order valence-corrected chi connectivity index (χ1v) is 10.1. The summed E-state index contributed by atoms with van der Waals surface area (Å²) in [4.78, 5) is -0.453. The fourth-order valence-electron chi connectivity index (χ4n) is 2.46. The van der Waals surface area contributed by atoms with E-state index in [9.17, 15) is 37.0 Å². The summed E-state index contributed by atoms with van der Waals surface area (Å²) in [6.07, 6.45) is 0.706. The van der Waals surface area contributed by atoms with Gasteiger partial charge >= 0.3 is 10.2 Å². The summed E-state index contributed by atoms with van der Waals surface area (Å²) in [5.74, 6) is -11.9. The quantitative estimate of drug-likeness (QED) is 0.202. The molecule has 12 heteroatoms. The third kappa shape index (κ3) is 4.68. The summed E-state index contributed by atoms with van der Waals surface area (Å²) in [5.41, 5.74) is -1.45.